The Balaban J connectivity index is 3.22. The largest absolute Gasteiger partial charge is 0.469 e. The van der Waals surface area contributed by atoms with Crippen LogP contribution >= 0.6 is 11.6 Å². The highest BCUT2D eigenvalue weighted by molar-refractivity contribution is 6.30. The molecule has 1 N–H and O–H groups in total. The van der Waals surface area contributed by atoms with Crippen molar-refractivity contribution in [3.05, 3.63) is 34.9 Å². The third kappa shape index (κ3) is 2.85. The second-order valence-corrected chi connectivity index (χ2v) is 4.71. The molecule has 0 aliphatic heterocycles. The van der Waals surface area contributed by atoms with Crippen molar-refractivity contribution in [2.24, 2.45) is 5.92 Å². The van der Waals surface area contributed by atoms with Crippen LogP contribution in [-0.2, 0) is 15.1 Å². The van der Waals surface area contributed by atoms with Crippen LogP contribution in [0.2, 0.25) is 5.02 Å². The van der Waals surface area contributed by atoms with Crippen LogP contribution in [0.15, 0.2) is 24.3 Å². The van der Waals surface area contributed by atoms with Gasteiger partial charge in [0, 0.05) is 5.02 Å². The van der Waals surface area contributed by atoms with Gasteiger partial charge in [-0.1, -0.05) is 37.6 Å². The Morgan fingerprint density at radius 1 is 1.50 bits per heavy atom. The third-order valence-corrected chi connectivity index (χ3v) is 3.57. The minimum absolute atomic E-state index is 0.401. The predicted octanol–water partition coefficient (Wildman–Crippen LogP) is 3.14. The topological polar surface area (TPSA) is 46.5 Å². The normalized spacial score (nSPS) is 15.8. The van der Waals surface area contributed by atoms with Gasteiger partial charge in [0.1, 0.15) is 5.60 Å². The standard InChI is InChI=1S/C14H19ClO3/c1-4-12(13(16)18-3)14(17,5-2)10-7-6-8-11(15)9-10/h6-9,12,17H,4-5H2,1-3H3. The van der Waals surface area contributed by atoms with E-state index in [1.54, 1.807) is 24.3 Å². The zero-order valence-corrected chi connectivity index (χ0v) is 11.7. The second-order valence-electron chi connectivity index (χ2n) is 4.27. The Morgan fingerprint density at radius 2 is 2.17 bits per heavy atom. The molecule has 0 heterocycles. The summed E-state index contributed by atoms with van der Waals surface area (Å²) in [5.41, 5.74) is -0.595. The van der Waals surface area contributed by atoms with Crippen LogP contribution in [0.5, 0.6) is 0 Å². The van der Waals surface area contributed by atoms with Gasteiger partial charge in [0.05, 0.1) is 13.0 Å². The lowest BCUT2D eigenvalue weighted by Gasteiger charge is -2.33. The van der Waals surface area contributed by atoms with E-state index in [1.807, 2.05) is 13.8 Å². The van der Waals surface area contributed by atoms with Crippen LogP contribution in [-0.4, -0.2) is 18.2 Å². The summed E-state index contributed by atoms with van der Waals surface area (Å²) >= 11 is 5.94. The molecule has 0 saturated heterocycles. The SMILES string of the molecule is CCC(C(=O)OC)C(O)(CC)c1cccc(Cl)c1. The number of ether oxygens (including phenoxy) is 1. The van der Waals surface area contributed by atoms with Gasteiger partial charge < -0.3 is 9.84 Å². The van der Waals surface area contributed by atoms with Gasteiger partial charge in [0.15, 0.2) is 0 Å². The Hall–Kier alpha value is -1.06. The highest BCUT2D eigenvalue weighted by Crippen LogP contribution is 2.36. The molecule has 0 amide bonds. The number of rotatable bonds is 5. The summed E-state index contributed by atoms with van der Waals surface area (Å²) in [6.07, 6.45) is 0.921. The molecule has 18 heavy (non-hydrogen) atoms. The fourth-order valence-corrected chi connectivity index (χ4v) is 2.44. The first-order valence-corrected chi connectivity index (χ1v) is 6.43. The maximum Gasteiger partial charge on any atom is 0.311 e. The van der Waals surface area contributed by atoms with Crippen molar-refractivity contribution >= 4 is 17.6 Å². The van der Waals surface area contributed by atoms with Crippen LogP contribution in [0, 0.1) is 5.92 Å². The summed E-state index contributed by atoms with van der Waals surface area (Å²) in [5, 5.41) is 11.4. The lowest BCUT2D eigenvalue weighted by molar-refractivity contribution is -0.157. The number of hydrogen-bond donors (Lipinski definition) is 1. The molecule has 0 aliphatic carbocycles. The molecule has 0 spiro atoms. The summed E-state index contributed by atoms with van der Waals surface area (Å²) in [5.74, 6) is -0.993. The molecule has 0 aliphatic rings. The number of carbonyl (C=O) groups is 1. The first-order chi connectivity index (χ1) is 8.49. The third-order valence-electron chi connectivity index (χ3n) is 3.33. The van der Waals surface area contributed by atoms with Crippen LogP contribution < -0.4 is 0 Å². The van der Waals surface area contributed by atoms with Crippen LogP contribution in [0.1, 0.15) is 32.3 Å². The van der Waals surface area contributed by atoms with Crippen LogP contribution in [0.25, 0.3) is 0 Å². The van der Waals surface area contributed by atoms with E-state index in [-0.39, 0.29) is 0 Å². The molecule has 2 unspecified atom stereocenters. The number of methoxy groups -OCH3 is 1. The number of carbonyl (C=O) groups excluding carboxylic acids is 1. The van der Waals surface area contributed by atoms with E-state index in [2.05, 4.69) is 0 Å². The Bertz CT molecular complexity index is 419. The minimum atomic E-state index is -1.24. The van der Waals surface area contributed by atoms with Gasteiger partial charge in [0.2, 0.25) is 0 Å². The zero-order valence-electron chi connectivity index (χ0n) is 10.9. The predicted molar refractivity (Wildman–Crippen MR) is 71.4 cm³/mol. The molecule has 2 atom stereocenters. The first-order valence-electron chi connectivity index (χ1n) is 6.05. The van der Waals surface area contributed by atoms with Crippen molar-refractivity contribution in [3.8, 4) is 0 Å². The van der Waals surface area contributed by atoms with Gasteiger partial charge in [-0.15, -0.1) is 0 Å². The molecule has 0 radical (unpaired) electrons. The average molecular weight is 271 g/mol. The van der Waals surface area contributed by atoms with E-state index in [9.17, 15) is 9.90 Å². The number of esters is 1. The lowest BCUT2D eigenvalue weighted by Crippen LogP contribution is -2.39. The van der Waals surface area contributed by atoms with Gasteiger partial charge in [-0.2, -0.15) is 0 Å². The molecule has 4 heteroatoms. The maximum atomic E-state index is 11.8. The average Bonchev–Trinajstić information content (AvgIpc) is 2.38. The summed E-state index contributed by atoms with van der Waals surface area (Å²) in [6.45, 7) is 3.69. The fraction of sp³-hybridized carbons (Fsp3) is 0.500. The smallest absolute Gasteiger partial charge is 0.311 e. The summed E-state index contributed by atoms with van der Waals surface area (Å²) in [7, 11) is 1.33. The zero-order chi connectivity index (χ0) is 13.8. The van der Waals surface area contributed by atoms with E-state index >= 15 is 0 Å². The van der Waals surface area contributed by atoms with Gasteiger partial charge in [0.25, 0.3) is 0 Å². The van der Waals surface area contributed by atoms with Crippen LogP contribution in [0.3, 0.4) is 0 Å². The van der Waals surface area contributed by atoms with Crippen molar-refractivity contribution in [2.75, 3.05) is 7.11 Å². The van der Waals surface area contributed by atoms with Crippen molar-refractivity contribution in [2.45, 2.75) is 32.3 Å². The first kappa shape index (κ1) is 15.0. The van der Waals surface area contributed by atoms with E-state index in [4.69, 9.17) is 16.3 Å². The summed E-state index contributed by atoms with van der Waals surface area (Å²) < 4.78 is 4.77. The van der Waals surface area contributed by atoms with E-state index in [1.165, 1.54) is 7.11 Å². The van der Waals surface area contributed by atoms with Crippen molar-refractivity contribution < 1.29 is 14.6 Å². The Morgan fingerprint density at radius 3 is 2.61 bits per heavy atom. The Labute approximate surface area is 113 Å². The van der Waals surface area contributed by atoms with Gasteiger partial charge in [-0.05, 0) is 30.5 Å². The molecule has 100 valence electrons. The quantitative estimate of drug-likeness (QED) is 0.836. The summed E-state index contributed by atoms with van der Waals surface area (Å²) in [6, 6.07) is 6.97. The lowest BCUT2D eigenvalue weighted by atomic mass is 9.78. The molecule has 3 nitrogen and oxygen atoms in total. The van der Waals surface area contributed by atoms with Gasteiger partial charge >= 0.3 is 5.97 Å². The minimum Gasteiger partial charge on any atom is -0.469 e. The van der Waals surface area contributed by atoms with E-state index in [0.29, 0.717) is 23.4 Å². The molecule has 1 rings (SSSR count). The number of halogens is 1. The molecule has 1 aromatic carbocycles. The number of benzene rings is 1. The second kappa shape index (κ2) is 6.21. The Kier molecular flexibility index (Phi) is 5.17. The molecule has 0 bridgehead atoms. The van der Waals surface area contributed by atoms with Crippen LogP contribution in [0.4, 0.5) is 0 Å². The molecule has 0 fully saturated rings. The fourth-order valence-electron chi connectivity index (χ4n) is 2.25. The summed E-state index contributed by atoms with van der Waals surface area (Å²) in [4.78, 5) is 11.8. The monoisotopic (exact) mass is 270 g/mol. The van der Waals surface area contributed by atoms with Gasteiger partial charge in [-0.25, -0.2) is 0 Å². The number of hydrogen-bond acceptors (Lipinski definition) is 3. The maximum absolute atomic E-state index is 11.8. The molecular weight excluding hydrogens is 252 g/mol. The highest BCUT2D eigenvalue weighted by atomic mass is 35.5. The molecule has 0 aromatic heterocycles. The number of aliphatic hydroxyl groups is 1. The highest BCUT2D eigenvalue weighted by Gasteiger charge is 2.41. The van der Waals surface area contributed by atoms with Crippen molar-refractivity contribution in [1.82, 2.24) is 0 Å². The van der Waals surface area contributed by atoms with E-state index in [0.717, 1.165) is 0 Å². The molecular formula is C14H19ClO3. The van der Waals surface area contributed by atoms with E-state index < -0.39 is 17.5 Å². The molecule has 1 aromatic rings. The van der Waals surface area contributed by atoms with Crippen molar-refractivity contribution in [3.63, 3.8) is 0 Å². The van der Waals surface area contributed by atoms with Gasteiger partial charge in [-0.3, -0.25) is 4.79 Å². The van der Waals surface area contributed by atoms with Crippen molar-refractivity contribution in [1.29, 1.82) is 0 Å². The molecule has 0 saturated carbocycles.